The van der Waals surface area contributed by atoms with E-state index in [4.69, 9.17) is 10.2 Å². The third-order valence-corrected chi connectivity index (χ3v) is 4.70. The third-order valence-electron chi connectivity index (χ3n) is 4.70. The van der Waals surface area contributed by atoms with Crippen molar-refractivity contribution in [1.29, 1.82) is 0 Å². The zero-order valence-corrected chi connectivity index (χ0v) is 17.3. The third kappa shape index (κ3) is 20.8. The molecule has 0 heterocycles. The summed E-state index contributed by atoms with van der Waals surface area (Å²) in [6, 6.07) is 0. The van der Waals surface area contributed by atoms with Crippen molar-refractivity contribution in [1.82, 2.24) is 4.90 Å². The van der Waals surface area contributed by atoms with Crippen LogP contribution >= 0.6 is 0 Å². The number of carboxylic acids is 2. The fourth-order valence-electron chi connectivity index (χ4n) is 3.18. The number of unbranched alkanes of at least 4 members (excludes halogenated alkanes) is 12. The molecule has 27 heavy (non-hydrogen) atoms. The lowest BCUT2D eigenvalue weighted by atomic mass is 10.1. The van der Waals surface area contributed by atoms with E-state index in [2.05, 4.69) is 19.1 Å². The second-order valence-corrected chi connectivity index (χ2v) is 7.44. The van der Waals surface area contributed by atoms with Crippen LogP contribution in [0.5, 0.6) is 0 Å². The number of rotatable bonds is 20. The smallest absolute Gasteiger partial charge is 0.317 e. The molecule has 0 aliphatic rings. The van der Waals surface area contributed by atoms with Crippen molar-refractivity contribution >= 4 is 11.9 Å². The number of allylic oxidation sites excluding steroid dienone is 2. The van der Waals surface area contributed by atoms with E-state index in [0.29, 0.717) is 6.54 Å². The first-order chi connectivity index (χ1) is 13.1. The number of hydrogen-bond donors (Lipinski definition) is 2. The van der Waals surface area contributed by atoms with Crippen LogP contribution in [0.1, 0.15) is 96.8 Å². The Labute approximate surface area is 165 Å². The maximum Gasteiger partial charge on any atom is 0.317 e. The van der Waals surface area contributed by atoms with Gasteiger partial charge in [-0.3, -0.25) is 14.5 Å². The molecule has 5 heteroatoms. The van der Waals surface area contributed by atoms with E-state index in [-0.39, 0.29) is 13.1 Å². The second-order valence-electron chi connectivity index (χ2n) is 7.44. The minimum atomic E-state index is -0.971. The van der Waals surface area contributed by atoms with E-state index in [0.717, 1.165) is 19.3 Å². The maximum absolute atomic E-state index is 10.7. The van der Waals surface area contributed by atoms with Crippen molar-refractivity contribution in [2.24, 2.45) is 0 Å². The molecular formula is C22H41NO4. The Bertz CT molecular complexity index is 380. The van der Waals surface area contributed by atoms with E-state index in [9.17, 15) is 9.59 Å². The molecule has 0 amide bonds. The molecule has 0 unspecified atom stereocenters. The van der Waals surface area contributed by atoms with Gasteiger partial charge in [0, 0.05) is 0 Å². The molecule has 0 aromatic carbocycles. The Hall–Kier alpha value is -1.36. The van der Waals surface area contributed by atoms with Gasteiger partial charge in [-0.2, -0.15) is 0 Å². The van der Waals surface area contributed by atoms with Gasteiger partial charge in [0.15, 0.2) is 0 Å². The lowest BCUT2D eigenvalue weighted by Gasteiger charge is -2.17. The van der Waals surface area contributed by atoms with Crippen LogP contribution in [0.3, 0.4) is 0 Å². The average Bonchev–Trinajstić information content (AvgIpc) is 2.60. The van der Waals surface area contributed by atoms with Gasteiger partial charge in [-0.05, 0) is 38.6 Å². The summed E-state index contributed by atoms with van der Waals surface area (Å²) in [6.45, 7) is 2.40. The average molecular weight is 384 g/mol. The van der Waals surface area contributed by atoms with Crippen LogP contribution in [0.2, 0.25) is 0 Å². The van der Waals surface area contributed by atoms with Gasteiger partial charge in [-0.25, -0.2) is 0 Å². The molecule has 158 valence electrons. The molecule has 0 radical (unpaired) electrons. The van der Waals surface area contributed by atoms with Crippen LogP contribution in [0.25, 0.3) is 0 Å². The van der Waals surface area contributed by atoms with Crippen molar-refractivity contribution in [3.05, 3.63) is 12.2 Å². The summed E-state index contributed by atoms with van der Waals surface area (Å²) in [5, 5.41) is 17.6. The predicted octanol–water partition coefficient (Wildman–Crippen LogP) is 5.50. The molecule has 0 rings (SSSR count). The molecule has 2 N–H and O–H groups in total. The van der Waals surface area contributed by atoms with Crippen molar-refractivity contribution in [3.63, 3.8) is 0 Å². The van der Waals surface area contributed by atoms with Crippen molar-refractivity contribution in [2.45, 2.75) is 96.8 Å². The molecular weight excluding hydrogens is 342 g/mol. The fraction of sp³-hybridized carbons (Fsp3) is 0.818. The van der Waals surface area contributed by atoms with E-state index >= 15 is 0 Å². The molecule has 0 fully saturated rings. The van der Waals surface area contributed by atoms with Crippen LogP contribution in [0.4, 0.5) is 0 Å². The van der Waals surface area contributed by atoms with E-state index in [1.54, 1.807) is 0 Å². The zero-order valence-electron chi connectivity index (χ0n) is 17.3. The highest BCUT2D eigenvalue weighted by Gasteiger charge is 2.12. The molecule has 0 spiro atoms. The highest BCUT2D eigenvalue weighted by Crippen LogP contribution is 2.10. The van der Waals surface area contributed by atoms with Gasteiger partial charge in [-0.15, -0.1) is 0 Å². The number of carboxylic acid groups (broad SMARTS) is 2. The molecule has 0 aromatic rings. The lowest BCUT2D eigenvalue weighted by Crippen LogP contribution is -2.35. The predicted molar refractivity (Wildman–Crippen MR) is 111 cm³/mol. The van der Waals surface area contributed by atoms with Gasteiger partial charge in [-0.1, -0.05) is 76.9 Å². The Kier molecular flexibility index (Phi) is 18.4. The summed E-state index contributed by atoms with van der Waals surface area (Å²) >= 11 is 0. The Morgan fingerprint density at radius 3 is 1.52 bits per heavy atom. The van der Waals surface area contributed by atoms with Gasteiger partial charge in [0.1, 0.15) is 0 Å². The van der Waals surface area contributed by atoms with Gasteiger partial charge in [0.2, 0.25) is 0 Å². The van der Waals surface area contributed by atoms with E-state index < -0.39 is 11.9 Å². The minimum Gasteiger partial charge on any atom is -0.480 e. The highest BCUT2D eigenvalue weighted by molar-refractivity contribution is 5.72. The largest absolute Gasteiger partial charge is 0.480 e. The van der Waals surface area contributed by atoms with Gasteiger partial charge in [0.25, 0.3) is 0 Å². The van der Waals surface area contributed by atoms with Crippen LogP contribution < -0.4 is 0 Å². The molecule has 5 nitrogen and oxygen atoms in total. The molecule has 0 saturated heterocycles. The van der Waals surface area contributed by atoms with E-state index in [1.165, 1.54) is 75.5 Å². The highest BCUT2D eigenvalue weighted by atomic mass is 16.4. The normalized spacial score (nSPS) is 11.5. The molecule has 0 aromatic heterocycles. The first kappa shape index (κ1) is 25.6. The summed E-state index contributed by atoms with van der Waals surface area (Å²) in [5.41, 5.74) is 0. The van der Waals surface area contributed by atoms with Crippen LogP contribution in [0, 0.1) is 0 Å². The Morgan fingerprint density at radius 2 is 1.07 bits per heavy atom. The number of nitrogens with zero attached hydrogens (tertiary/aromatic N) is 1. The number of hydrogen-bond acceptors (Lipinski definition) is 3. The summed E-state index contributed by atoms with van der Waals surface area (Å²) in [7, 11) is 0. The molecule has 0 aliphatic carbocycles. The van der Waals surface area contributed by atoms with Gasteiger partial charge >= 0.3 is 11.9 Å². The summed E-state index contributed by atoms with van der Waals surface area (Å²) in [6.07, 6.45) is 21.9. The molecule has 0 saturated carbocycles. The Balaban J connectivity index is 3.41. The minimum absolute atomic E-state index is 0.197. The lowest BCUT2D eigenvalue weighted by molar-refractivity contribution is -0.141. The molecule has 0 bridgehead atoms. The van der Waals surface area contributed by atoms with Crippen LogP contribution in [-0.2, 0) is 9.59 Å². The summed E-state index contributed by atoms with van der Waals surface area (Å²) in [4.78, 5) is 22.9. The van der Waals surface area contributed by atoms with Gasteiger partial charge < -0.3 is 10.2 Å². The zero-order chi connectivity index (χ0) is 20.2. The summed E-state index contributed by atoms with van der Waals surface area (Å²) in [5.74, 6) is -1.94. The number of carbonyl (C=O) groups is 2. The number of aliphatic carboxylic acids is 2. The van der Waals surface area contributed by atoms with Crippen molar-refractivity contribution in [3.8, 4) is 0 Å². The maximum atomic E-state index is 10.7. The van der Waals surface area contributed by atoms with Crippen LogP contribution in [0.15, 0.2) is 12.2 Å². The topological polar surface area (TPSA) is 77.8 Å². The van der Waals surface area contributed by atoms with Crippen LogP contribution in [-0.4, -0.2) is 46.7 Å². The van der Waals surface area contributed by atoms with Crippen molar-refractivity contribution in [2.75, 3.05) is 19.6 Å². The monoisotopic (exact) mass is 383 g/mol. The first-order valence-corrected chi connectivity index (χ1v) is 10.9. The quantitative estimate of drug-likeness (QED) is 0.214. The SMILES string of the molecule is CCCCCCCCC=CCCCCCCCCN(CC(=O)O)CC(=O)O. The van der Waals surface area contributed by atoms with E-state index in [1.807, 2.05) is 0 Å². The standard InChI is InChI=1S/C22H41NO4/c1-2-3-4-5-6-7-8-9-10-11-12-13-14-15-16-17-18-23(19-21(24)25)20-22(26)27/h9-10H,2-8,11-20H2,1H3,(H,24,25)(H,26,27). The Morgan fingerprint density at radius 1 is 0.667 bits per heavy atom. The summed E-state index contributed by atoms with van der Waals surface area (Å²) < 4.78 is 0. The fourth-order valence-corrected chi connectivity index (χ4v) is 3.18. The van der Waals surface area contributed by atoms with Crippen molar-refractivity contribution < 1.29 is 19.8 Å². The molecule has 0 atom stereocenters. The van der Waals surface area contributed by atoms with Gasteiger partial charge in [0.05, 0.1) is 13.1 Å². The first-order valence-electron chi connectivity index (χ1n) is 10.9. The second kappa shape index (κ2) is 19.4. The molecule has 0 aliphatic heterocycles.